The summed E-state index contributed by atoms with van der Waals surface area (Å²) in [5, 5.41) is 5.05. The number of halogens is 1. The molecule has 0 fully saturated rings. The zero-order valence-corrected chi connectivity index (χ0v) is 13.5. The minimum Gasteiger partial charge on any atom is -0.496 e. The maximum absolute atomic E-state index is 5.95. The third-order valence-corrected chi connectivity index (χ3v) is 3.52. The predicted octanol–water partition coefficient (Wildman–Crippen LogP) is 3.43. The molecule has 2 rings (SSSR count). The zero-order valence-electron chi connectivity index (χ0n) is 11.9. The van der Waals surface area contributed by atoms with Crippen LogP contribution in [0.15, 0.2) is 18.2 Å². The number of hydrogen-bond donors (Lipinski definition) is 0. The first-order valence-corrected chi connectivity index (χ1v) is 7.20. The van der Waals surface area contributed by atoms with Crippen molar-refractivity contribution in [3.63, 3.8) is 0 Å². The molecule has 0 N–H and O–H groups in total. The Balaban J connectivity index is 2.39. The van der Waals surface area contributed by atoms with Crippen LogP contribution in [0.3, 0.4) is 0 Å². The molecule has 0 atom stereocenters. The molecule has 0 unspecified atom stereocenters. The van der Waals surface area contributed by atoms with Gasteiger partial charge < -0.3 is 14.2 Å². The number of aryl methyl sites for hydroxylation is 2. The quantitative estimate of drug-likeness (QED) is 0.782. The second-order valence-corrected chi connectivity index (χ2v) is 4.84. The Kier molecular flexibility index (Phi) is 4.54. The number of methoxy groups -OCH3 is 2. The van der Waals surface area contributed by atoms with Gasteiger partial charge in [-0.3, -0.25) is 0 Å². The molecule has 0 saturated heterocycles. The molecule has 0 radical (unpaired) electrons. The molecule has 0 saturated carbocycles. The lowest BCUT2D eigenvalue weighted by Crippen LogP contribution is -1.97. The predicted molar refractivity (Wildman–Crippen MR) is 80.2 cm³/mol. The van der Waals surface area contributed by atoms with E-state index in [9.17, 15) is 0 Å². The lowest BCUT2D eigenvalue weighted by atomic mass is 10.3. The van der Waals surface area contributed by atoms with Gasteiger partial charge in [0.1, 0.15) is 17.2 Å². The maximum atomic E-state index is 5.95. The van der Waals surface area contributed by atoms with Crippen molar-refractivity contribution in [1.29, 1.82) is 0 Å². The first-order valence-electron chi connectivity index (χ1n) is 6.08. The fraction of sp³-hybridized carbons (Fsp3) is 0.357. The van der Waals surface area contributed by atoms with Gasteiger partial charge in [0, 0.05) is 36.1 Å². The molecule has 0 spiro atoms. The molecule has 0 aliphatic rings. The van der Waals surface area contributed by atoms with Crippen LogP contribution in [0, 0.1) is 6.92 Å². The van der Waals surface area contributed by atoms with Crippen LogP contribution in [0.25, 0.3) is 0 Å². The highest BCUT2D eigenvalue weighted by atomic mass is 79.9. The van der Waals surface area contributed by atoms with Crippen LogP contribution in [0.2, 0.25) is 0 Å². The van der Waals surface area contributed by atoms with Crippen molar-refractivity contribution in [1.82, 2.24) is 9.78 Å². The Morgan fingerprint density at radius 1 is 1.10 bits per heavy atom. The Hall–Kier alpha value is -1.69. The van der Waals surface area contributed by atoms with Crippen LogP contribution in [0.1, 0.15) is 11.3 Å². The Morgan fingerprint density at radius 2 is 1.65 bits per heavy atom. The van der Waals surface area contributed by atoms with Crippen molar-refractivity contribution >= 4 is 15.9 Å². The fourth-order valence-corrected chi connectivity index (χ4v) is 2.56. The summed E-state index contributed by atoms with van der Waals surface area (Å²) in [6.45, 7) is 1.95. The number of nitrogens with zero attached hydrogens (tertiary/aromatic N) is 2. The second-order valence-electron chi connectivity index (χ2n) is 4.28. The van der Waals surface area contributed by atoms with Crippen LogP contribution in [0.5, 0.6) is 23.1 Å². The molecule has 1 heterocycles. The SMILES string of the molecule is COc1cc(OC)cc(Oc2c(CBr)c(C)nn2C)c1. The molecule has 108 valence electrons. The minimum atomic E-state index is 0.645. The lowest BCUT2D eigenvalue weighted by molar-refractivity contribution is 0.380. The monoisotopic (exact) mass is 340 g/mol. The van der Waals surface area contributed by atoms with Crippen LogP contribution >= 0.6 is 15.9 Å². The average molecular weight is 341 g/mol. The Morgan fingerprint density at radius 3 is 2.15 bits per heavy atom. The molecule has 0 amide bonds. The number of benzene rings is 1. The van der Waals surface area contributed by atoms with Gasteiger partial charge in [0.2, 0.25) is 5.88 Å². The van der Waals surface area contributed by atoms with Gasteiger partial charge in [0.25, 0.3) is 0 Å². The largest absolute Gasteiger partial charge is 0.496 e. The van der Waals surface area contributed by atoms with E-state index in [1.807, 2.05) is 26.1 Å². The summed E-state index contributed by atoms with van der Waals surface area (Å²) in [4.78, 5) is 0. The molecular weight excluding hydrogens is 324 g/mol. The van der Waals surface area contributed by atoms with E-state index >= 15 is 0 Å². The zero-order chi connectivity index (χ0) is 14.7. The van der Waals surface area contributed by atoms with Crippen molar-refractivity contribution < 1.29 is 14.2 Å². The van der Waals surface area contributed by atoms with Gasteiger partial charge in [-0.1, -0.05) is 15.9 Å². The smallest absolute Gasteiger partial charge is 0.221 e. The summed E-state index contributed by atoms with van der Waals surface area (Å²) < 4.78 is 18.1. The van der Waals surface area contributed by atoms with E-state index in [1.54, 1.807) is 25.0 Å². The van der Waals surface area contributed by atoms with Crippen molar-refractivity contribution in [2.24, 2.45) is 7.05 Å². The van der Waals surface area contributed by atoms with E-state index in [-0.39, 0.29) is 0 Å². The molecular formula is C14H17BrN2O3. The molecule has 6 heteroatoms. The van der Waals surface area contributed by atoms with E-state index < -0.39 is 0 Å². The van der Waals surface area contributed by atoms with Crippen molar-refractivity contribution in [3.8, 4) is 23.1 Å². The summed E-state index contributed by atoms with van der Waals surface area (Å²) in [5.41, 5.74) is 1.96. The van der Waals surface area contributed by atoms with E-state index in [0.717, 1.165) is 11.3 Å². The van der Waals surface area contributed by atoms with E-state index in [2.05, 4.69) is 21.0 Å². The first kappa shape index (κ1) is 14.7. The summed E-state index contributed by atoms with van der Waals surface area (Å²) in [6, 6.07) is 5.42. The first-order chi connectivity index (χ1) is 9.58. The number of alkyl halides is 1. The average Bonchev–Trinajstić information content (AvgIpc) is 2.72. The van der Waals surface area contributed by atoms with Crippen LogP contribution in [-0.2, 0) is 12.4 Å². The minimum absolute atomic E-state index is 0.645. The Bertz CT molecular complexity index is 588. The summed E-state index contributed by atoms with van der Waals surface area (Å²) in [5.74, 6) is 2.71. The maximum Gasteiger partial charge on any atom is 0.221 e. The summed E-state index contributed by atoms with van der Waals surface area (Å²) in [6.07, 6.45) is 0. The summed E-state index contributed by atoms with van der Waals surface area (Å²) >= 11 is 3.46. The van der Waals surface area contributed by atoms with Crippen molar-refractivity contribution in [2.75, 3.05) is 14.2 Å². The molecule has 0 bridgehead atoms. The third kappa shape index (κ3) is 2.90. The molecule has 5 nitrogen and oxygen atoms in total. The standard InChI is InChI=1S/C14H17BrN2O3/c1-9-13(8-15)14(17(2)16-9)20-12-6-10(18-3)5-11(7-12)19-4/h5-7H,8H2,1-4H3. The van der Waals surface area contributed by atoms with Crippen LogP contribution < -0.4 is 14.2 Å². The number of hydrogen-bond acceptors (Lipinski definition) is 4. The van der Waals surface area contributed by atoms with E-state index in [4.69, 9.17) is 14.2 Å². The van der Waals surface area contributed by atoms with Crippen LogP contribution in [-0.4, -0.2) is 24.0 Å². The van der Waals surface area contributed by atoms with E-state index in [1.165, 1.54) is 0 Å². The van der Waals surface area contributed by atoms with Gasteiger partial charge >= 0.3 is 0 Å². The lowest BCUT2D eigenvalue weighted by Gasteiger charge is -2.11. The van der Waals surface area contributed by atoms with Crippen molar-refractivity contribution in [2.45, 2.75) is 12.3 Å². The molecule has 0 aliphatic carbocycles. The van der Waals surface area contributed by atoms with Gasteiger partial charge in [-0.2, -0.15) is 5.10 Å². The highest BCUT2D eigenvalue weighted by Crippen LogP contribution is 2.33. The molecule has 20 heavy (non-hydrogen) atoms. The topological polar surface area (TPSA) is 45.5 Å². The molecule has 2 aromatic rings. The fourth-order valence-electron chi connectivity index (χ4n) is 1.91. The summed E-state index contributed by atoms with van der Waals surface area (Å²) in [7, 11) is 5.07. The highest BCUT2D eigenvalue weighted by Gasteiger charge is 2.15. The van der Waals surface area contributed by atoms with Gasteiger partial charge in [0.05, 0.1) is 19.9 Å². The number of ether oxygens (including phenoxy) is 3. The third-order valence-electron chi connectivity index (χ3n) is 2.96. The van der Waals surface area contributed by atoms with Gasteiger partial charge in [-0.05, 0) is 6.92 Å². The van der Waals surface area contributed by atoms with Crippen LogP contribution in [0.4, 0.5) is 0 Å². The molecule has 1 aromatic carbocycles. The Labute approximate surface area is 126 Å². The normalized spacial score (nSPS) is 10.4. The second kappa shape index (κ2) is 6.17. The van der Waals surface area contributed by atoms with Crippen molar-refractivity contribution in [3.05, 3.63) is 29.5 Å². The van der Waals surface area contributed by atoms with E-state index in [0.29, 0.717) is 28.5 Å². The number of aromatic nitrogens is 2. The molecule has 0 aliphatic heterocycles. The van der Waals surface area contributed by atoms with Gasteiger partial charge in [-0.25, -0.2) is 4.68 Å². The van der Waals surface area contributed by atoms with Gasteiger partial charge in [0.15, 0.2) is 0 Å². The highest BCUT2D eigenvalue weighted by molar-refractivity contribution is 9.08. The van der Waals surface area contributed by atoms with Gasteiger partial charge in [-0.15, -0.1) is 0 Å². The molecule has 1 aromatic heterocycles. The number of rotatable bonds is 5.